The molecule has 0 aliphatic rings. The third kappa shape index (κ3) is 5.28. The van der Waals surface area contributed by atoms with Crippen molar-refractivity contribution in [1.82, 2.24) is 0 Å². The topological polar surface area (TPSA) is 116 Å². The number of hydrogen-bond acceptors (Lipinski definition) is 5. The summed E-state index contributed by atoms with van der Waals surface area (Å²) in [5.41, 5.74) is 0.880. The van der Waals surface area contributed by atoms with E-state index in [1.807, 2.05) is 0 Å². The first-order chi connectivity index (χ1) is 11.7. The fourth-order valence-electron chi connectivity index (χ4n) is 1.98. The number of carbonyl (C=O) groups excluding carboxylic acids is 2. The number of hydrogen-bond donors (Lipinski definition) is 2. The molecule has 0 spiro atoms. The summed E-state index contributed by atoms with van der Waals surface area (Å²) >= 11 is 5.74. The van der Waals surface area contributed by atoms with Crippen LogP contribution >= 0.6 is 11.6 Å². The molecule has 9 heteroatoms. The molecule has 0 saturated carbocycles. The molecule has 25 heavy (non-hydrogen) atoms. The molecule has 0 radical (unpaired) electrons. The molecule has 0 aliphatic heterocycles. The SMILES string of the molecule is Cc1ccc(C(=O)OCC(=O)Nc2ccc(Cl)cc2)cc1S(N)(=O)=O. The highest BCUT2D eigenvalue weighted by Gasteiger charge is 2.17. The standard InChI is InChI=1S/C16H15ClN2O5S/c1-10-2-3-11(8-14(10)25(18,22)23)16(21)24-9-15(20)19-13-6-4-12(17)5-7-13/h2-8H,9H2,1H3,(H,19,20)(H2,18,22,23). The number of aryl methyl sites for hydroxylation is 1. The van der Waals surface area contributed by atoms with Crippen molar-refractivity contribution in [2.24, 2.45) is 5.14 Å². The van der Waals surface area contributed by atoms with Crippen LogP contribution in [0.15, 0.2) is 47.4 Å². The van der Waals surface area contributed by atoms with Gasteiger partial charge in [0.1, 0.15) is 0 Å². The van der Waals surface area contributed by atoms with Gasteiger partial charge in [0.2, 0.25) is 10.0 Å². The van der Waals surface area contributed by atoms with Gasteiger partial charge in [-0.1, -0.05) is 17.7 Å². The highest BCUT2D eigenvalue weighted by Crippen LogP contribution is 2.16. The van der Waals surface area contributed by atoms with E-state index >= 15 is 0 Å². The van der Waals surface area contributed by atoms with Crippen molar-refractivity contribution in [1.29, 1.82) is 0 Å². The molecule has 0 heterocycles. The summed E-state index contributed by atoms with van der Waals surface area (Å²) in [4.78, 5) is 23.6. The third-order valence-electron chi connectivity index (χ3n) is 3.19. The van der Waals surface area contributed by atoms with E-state index in [2.05, 4.69) is 5.32 Å². The Morgan fingerprint density at radius 3 is 2.40 bits per heavy atom. The normalized spacial score (nSPS) is 11.0. The smallest absolute Gasteiger partial charge is 0.338 e. The number of nitrogens with two attached hydrogens (primary N) is 1. The fraction of sp³-hybridized carbons (Fsp3) is 0.125. The predicted molar refractivity (Wildman–Crippen MR) is 92.9 cm³/mol. The number of nitrogens with one attached hydrogen (secondary N) is 1. The summed E-state index contributed by atoms with van der Waals surface area (Å²) in [6.45, 7) is 1.02. The van der Waals surface area contributed by atoms with Crippen molar-refractivity contribution < 1.29 is 22.7 Å². The summed E-state index contributed by atoms with van der Waals surface area (Å²) in [7, 11) is -3.96. The number of sulfonamides is 1. The van der Waals surface area contributed by atoms with Crippen LogP contribution in [0, 0.1) is 6.92 Å². The van der Waals surface area contributed by atoms with Crippen molar-refractivity contribution in [3.05, 3.63) is 58.6 Å². The first kappa shape index (κ1) is 18.9. The molecule has 2 rings (SSSR count). The molecule has 2 aromatic carbocycles. The second kappa shape index (κ2) is 7.64. The Labute approximate surface area is 149 Å². The maximum absolute atomic E-state index is 12.0. The molecule has 0 bridgehead atoms. The van der Waals surface area contributed by atoms with Gasteiger partial charge in [-0.25, -0.2) is 18.4 Å². The second-order valence-electron chi connectivity index (χ2n) is 5.16. The van der Waals surface area contributed by atoms with Gasteiger partial charge in [0.05, 0.1) is 10.5 Å². The zero-order chi connectivity index (χ0) is 18.6. The average Bonchev–Trinajstić information content (AvgIpc) is 2.54. The van der Waals surface area contributed by atoms with Crippen LogP contribution in [0.3, 0.4) is 0 Å². The molecule has 3 N–H and O–H groups in total. The lowest BCUT2D eigenvalue weighted by molar-refractivity contribution is -0.119. The first-order valence-corrected chi connectivity index (χ1v) is 8.95. The molecular weight excluding hydrogens is 368 g/mol. The lowest BCUT2D eigenvalue weighted by atomic mass is 10.1. The number of ether oxygens (including phenoxy) is 1. The number of anilines is 1. The van der Waals surface area contributed by atoms with Crippen LogP contribution in [0.2, 0.25) is 5.02 Å². The lowest BCUT2D eigenvalue weighted by Gasteiger charge is -2.08. The van der Waals surface area contributed by atoms with Gasteiger partial charge in [-0.15, -0.1) is 0 Å². The van der Waals surface area contributed by atoms with Crippen LogP contribution in [-0.4, -0.2) is 26.9 Å². The average molecular weight is 383 g/mol. The van der Waals surface area contributed by atoms with E-state index in [0.717, 1.165) is 6.07 Å². The summed E-state index contributed by atoms with van der Waals surface area (Å²) in [5.74, 6) is -1.38. The van der Waals surface area contributed by atoms with Crippen LogP contribution < -0.4 is 10.5 Å². The van der Waals surface area contributed by atoms with Gasteiger partial charge >= 0.3 is 5.97 Å². The third-order valence-corrected chi connectivity index (χ3v) is 4.50. The van der Waals surface area contributed by atoms with E-state index in [4.69, 9.17) is 21.5 Å². The van der Waals surface area contributed by atoms with Gasteiger partial charge in [0, 0.05) is 10.7 Å². The molecule has 0 atom stereocenters. The number of amides is 1. The second-order valence-corrected chi connectivity index (χ2v) is 7.12. The number of halogens is 1. The summed E-state index contributed by atoms with van der Waals surface area (Å²) in [5, 5.41) is 8.14. The molecule has 1 amide bonds. The maximum Gasteiger partial charge on any atom is 0.338 e. The van der Waals surface area contributed by atoms with Crippen LogP contribution in [-0.2, 0) is 19.6 Å². The molecule has 132 valence electrons. The van der Waals surface area contributed by atoms with Crippen molar-refractivity contribution in [3.63, 3.8) is 0 Å². The fourth-order valence-corrected chi connectivity index (χ4v) is 2.91. The molecule has 0 saturated heterocycles. The zero-order valence-electron chi connectivity index (χ0n) is 13.2. The molecule has 0 aliphatic carbocycles. The molecule has 0 unspecified atom stereocenters. The van der Waals surface area contributed by atoms with Crippen LogP contribution in [0.4, 0.5) is 5.69 Å². The molecule has 2 aromatic rings. The van der Waals surface area contributed by atoms with Crippen LogP contribution in [0.1, 0.15) is 15.9 Å². The molecule has 7 nitrogen and oxygen atoms in total. The van der Waals surface area contributed by atoms with Gasteiger partial charge in [-0.2, -0.15) is 0 Å². The number of esters is 1. The molecular formula is C16H15ClN2O5S. The van der Waals surface area contributed by atoms with Gasteiger partial charge < -0.3 is 10.1 Å². The van der Waals surface area contributed by atoms with Gasteiger partial charge in [0.15, 0.2) is 6.61 Å². The highest BCUT2D eigenvalue weighted by atomic mass is 35.5. The van der Waals surface area contributed by atoms with E-state index in [0.29, 0.717) is 16.3 Å². The van der Waals surface area contributed by atoms with Gasteiger partial charge in [0.25, 0.3) is 5.91 Å². The van der Waals surface area contributed by atoms with E-state index in [9.17, 15) is 18.0 Å². The zero-order valence-corrected chi connectivity index (χ0v) is 14.7. The van der Waals surface area contributed by atoms with E-state index in [-0.39, 0.29) is 10.5 Å². The van der Waals surface area contributed by atoms with Gasteiger partial charge in [-0.3, -0.25) is 4.79 Å². The number of benzene rings is 2. The minimum Gasteiger partial charge on any atom is -0.452 e. The Balaban J connectivity index is 2.00. The largest absolute Gasteiger partial charge is 0.452 e. The Hall–Kier alpha value is -2.42. The van der Waals surface area contributed by atoms with E-state index in [1.54, 1.807) is 31.2 Å². The minimum atomic E-state index is -3.96. The minimum absolute atomic E-state index is 0.0195. The Morgan fingerprint density at radius 1 is 1.16 bits per heavy atom. The monoisotopic (exact) mass is 382 g/mol. The van der Waals surface area contributed by atoms with Crippen molar-refractivity contribution in [2.75, 3.05) is 11.9 Å². The summed E-state index contributed by atoms with van der Waals surface area (Å²) < 4.78 is 27.8. The Morgan fingerprint density at radius 2 is 1.80 bits per heavy atom. The lowest BCUT2D eigenvalue weighted by Crippen LogP contribution is -2.21. The Kier molecular flexibility index (Phi) is 5.78. The molecule has 0 fully saturated rings. The van der Waals surface area contributed by atoms with Crippen molar-refractivity contribution >= 4 is 39.2 Å². The quantitative estimate of drug-likeness (QED) is 0.768. The van der Waals surface area contributed by atoms with Crippen molar-refractivity contribution in [2.45, 2.75) is 11.8 Å². The van der Waals surface area contributed by atoms with Gasteiger partial charge in [-0.05, 0) is 48.9 Å². The summed E-state index contributed by atoms with van der Waals surface area (Å²) in [6.07, 6.45) is 0. The first-order valence-electron chi connectivity index (χ1n) is 7.03. The summed E-state index contributed by atoms with van der Waals surface area (Å²) in [6, 6.07) is 10.3. The molecule has 0 aromatic heterocycles. The van der Waals surface area contributed by atoms with Crippen LogP contribution in [0.25, 0.3) is 0 Å². The maximum atomic E-state index is 12.0. The van der Waals surface area contributed by atoms with E-state index in [1.165, 1.54) is 12.1 Å². The predicted octanol–water partition coefficient (Wildman–Crippen LogP) is 2.09. The number of carbonyl (C=O) groups is 2. The number of primary sulfonamides is 1. The number of rotatable bonds is 5. The van der Waals surface area contributed by atoms with Crippen molar-refractivity contribution in [3.8, 4) is 0 Å². The van der Waals surface area contributed by atoms with Crippen LogP contribution in [0.5, 0.6) is 0 Å². The Bertz CT molecular complexity index is 911. The highest BCUT2D eigenvalue weighted by molar-refractivity contribution is 7.89. The van der Waals surface area contributed by atoms with E-state index < -0.39 is 28.5 Å².